The Morgan fingerprint density at radius 2 is 2.20 bits per heavy atom. The molecule has 0 bridgehead atoms. The molecule has 84 valence electrons. The molecule has 2 N–H and O–H groups in total. The first-order valence-electron chi connectivity index (χ1n) is 5.77. The van der Waals surface area contributed by atoms with Crippen LogP contribution in [0, 0.1) is 0 Å². The molecular weight excluding hydrogens is 188 g/mol. The van der Waals surface area contributed by atoms with Crippen molar-refractivity contribution in [2.75, 3.05) is 0 Å². The van der Waals surface area contributed by atoms with Gasteiger partial charge in [-0.1, -0.05) is 6.42 Å². The van der Waals surface area contributed by atoms with Crippen molar-refractivity contribution in [2.24, 2.45) is 0 Å². The van der Waals surface area contributed by atoms with E-state index < -0.39 is 0 Å². The smallest absolute Gasteiger partial charge is 0.121 e. The molecule has 1 aliphatic rings. The fourth-order valence-corrected chi connectivity index (χ4v) is 2.29. The molecular formula is C11H20N4. The second-order valence-electron chi connectivity index (χ2n) is 4.41. The lowest BCUT2D eigenvalue weighted by Crippen LogP contribution is -2.51. The maximum absolute atomic E-state index is 4.21. The van der Waals surface area contributed by atoms with Crippen LogP contribution in [0.2, 0.25) is 0 Å². The first kappa shape index (κ1) is 10.6. The molecule has 2 atom stereocenters. The van der Waals surface area contributed by atoms with Gasteiger partial charge in [0, 0.05) is 24.5 Å². The second kappa shape index (κ2) is 4.77. The van der Waals surface area contributed by atoms with Crippen molar-refractivity contribution in [3.63, 3.8) is 0 Å². The summed E-state index contributed by atoms with van der Waals surface area (Å²) in [5.41, 5.74) is 3.46. The molecule has 15 heavy (non-hydrogen) atoms. The fourth-order valence-electron chi connectivity index (χ4n) is 2.29. The number of hydrogen-bond donors (Lipinski definition) is 2. The molecule has 4 heteroatoms. The SMILES string of the molecule is CC1CCCC(C)N1NCc1ncc[nH]1. The molecule has 2 unspecified atom stereocenters. The molecule has 0 saturated carbocycles. The van der Waals surface area contributed by atoms with E-state index in [0.717, 1.165) is 12.4 Å². The van der Waals surface area contributed by atoms with Gasteiger partial charge in [0.05, 0.1) is 6.54 Å². The van der Waals surface area contributed by atoms with Crippen LogP contribution in [0.15, 0.2) is 12.4 Å². The summed E-state index contributed by atoms with van der Waals surface area (Å²) in [6.07, 6.45) is 7.58. The summed E-state index contributed by atoms with van der Waals surface area (Å²) in [6.45, 7) is 5.36. The van der Waals surface area contributed by atoms with Gasteiger partial charge in [-0.3, -0.25) is 0 Å². The average Bonchev–Trinajstić information content (AvgIpc) is 2.70. The van der Waals surface area contributed by atoms with Crippen molar-refractivity contribution >= 4 is 0 Å². The molecule has 0 spiro atoms. The third kappa shape index (κ3) is 2.58. The lowest BCUT2D eigenvalue weighted by Gasteiger charge is -2.38. The predicted molar refractivity (Wildman–Crippen MR) is 60.0 cm³/mol. The van der Waals surface area contributed by atoms with Crippen molar-refractivity contribution in [3.8, 4) is 0 Å². The number of aromatic amines is 1. The van der Waals surface area contributed by atoms with Crippen molar-refractivity contribution < 1.29 is 0 Å². The summed E-state index contributed by atoms with van der Waals surface area (Å²) in [4.78, 5) is 7.31. The highest BCUT2D eigenvalue weighted by Crippen LogP contribution is 2.20. The van der Waals surface area contributed by atoms with Gasteiger partial charge in [0.2, 0.25) is 0 Å². The Labute approximate surface area is 91.1 Å². The minimum Gasteiger partial charge on any atom is -0.347 e. The minimum absolute atomic E-state index is 0.628. The number of hydrazine groups is 1. The summed E-state index contributed by atoms with van der Waals surface area (Å²) in [7, 11) is 0. The number of nitrogens with zero attached hydrogens (tertiary/aromatic N) is 2. The Morgan fingerprint density at radius 3 is 2.80 bits per heavy atom. The number of aromatic nitrogens is 2. The second-order valence-corrected chi connectivity index (χ2v) is 4.41. The Morgan fingerprint density at radius 1 is 1.47 bits per heavy atom. The van der Waals surface area contributed by atoms with E-state index >= 15 is 0 Å². The normalized spacial score (nSPS) is 28.1. The van der Waals surface area contributed by atoms with Gasteiger partial charge in [-0.25, -0.2) is 15.4 Å². The van der Waals surface area contributed by atoms with Gasteiger partial charge in [-0.05, 0) is 26.7 Å². The molecule has 1 aromatic rings. The van der Waals surface area contributed by atoms with Crippen molar-refractivity contribution in [3.05, 3.63) is 18.2 Å². The number of H-pyrrole nitrogens is 1. The fraction of sp³-hybridized carbons (Fsp3) is 0.727. The van der Waals surface area contributed by atoms with Crippen LogP contribution in [-0.2, 0) is 6.54 Å². The molecule has 0 radical (unpaired) electrons. The van der Waals surface area contributed by atoms with Gasteiger partial charge < -0.3 is 4.98 Å². The quantitative estimate of drug-likeness (QED) is 0.794. The molecule has 2 heterocycles. The largest absolute Gasteiger partial charge is 0.347 e. The molecule has 0 aromatic carbocycles. The van der Waals surface area contributed by atoms with E-state index in [1.807, 2.05) is 6.20 Å². The third-order valence-electron chi connectivity index (χ3n) is 3.18. The highest BCUT2D eigenvalue weighted by Gasteiger charge is 2.24. The number of piperidine rings is 1. The van der Waals surface area contributed by atoms with Crippen molar-refractivity contribution in [1.29, 1.82) is 0 Å². The number of imidazole rings is 1. The van der Waals surface area contributed by atoms with Gasteiger partial charge in [0.25, 0.3) is 0 Å². The Kier molecular flexibility index (Phi) is 3.38. The Bertz CT molecular complexity index is 273. The standard InChI is InChI=1S/C11H20N4/c1-9-4-3-5-10(2)15(9)14-8-11-12-6-7-13-11/h6-7,9-10,14H,3-5,8H2,1-2H3,(H,12,13). The zero-order chi connectivity index (χ0) is 10.7. The topological polar surface area (TPSA) is 44.0 Å². The van der Waals surface area contributed by atoms with Crippen molar-refractivity contribution in [2.45, 2.75) is 51.7 Å². The summed E-state index contributed by atoms with van der Waals surface area (Å²) < 4.78 is 0. The molecule has 4 nitrogen and oxygen atoms in total. The van der Waals surface area contributed by atoms with Crippen LogP contribution < -0.4 is 5.43 Å². The lowest BCUT2D eigenvalue weighted by molar-refractivity contribution is 0.0427. The minimum atomic E-state index is 0.628. The highest BCUT2D eigenvalue weighted by molar-refractivity contribution is 4.86. The van der Waals surface area contributed by atoms with E-state index in [9.17, 15) is 0 Å². The van der Waals surface area contributed by atoms with E-state index in [-0.39, 0.29) is 0 Å². The maximum atomic E-state index is 4.21. The van der Waals surface area contributed by atoms with E-state index in [1.54, 1.807) is 6.20 Å². The average molecular weight is 208 g/mol. The van der Waals surface area contributed by atoms with Crippen LogP contribution in [0.3, 0.4) is 0 Å². The molecule has 0 aliphatic carbocycles. The summed E-state index contributed by atoms with van der Waals surface area (Å²) in [6, 6.07) is 1.26. The van der Waals surface area contributed by atoms with Gasteiger partial charge in [0.15, 0.2) is 0 Å². The van der Waals surface area contributed by atoms with Gasteiger partial charge in [0.1, 0.15) is 5.82 Å². The molecule has 1 saturated heterocycles. The first-order chi connectivity index (χ1) is 7.27. The molecule has 1 aliphatic heterocycles. The van der Waals surface area contributed by atoms with Crippen molar-refractivity contribution in [1.82, 2.24) is 20.4 Å². The van der Waals surface area contributed by atoms with Crippen LogP contribution in [-0.4, -0.2) is 27.1 Å². The summed E-state index contributed by atoms with van der Waals surface area (Å²) in [5.74, 6) is 1.000. The van der Waals surface area contributed by atoms with E-state index in [0.29, 0.717) is 12.1 Å². The Hall–Kier alpha value is -0.870. The lowest BCUT2D eigenvalue weighted by atomic mass is 10.00. The van der Waals surface area contributed by atoms with E-state index in [2.05, 4.69) is 34.3 Å². The summed E-state index contributed by atoms with van der Waals surface area (Å²) in [5, 5.41) is 2.37. The number of rotatable bonds is 3. The summed E-state index contributed by atoms with van der Waals surface area (Å²) >= 11 is 0. The Balaban J connectivity index is 1.86. The maximum Gasteiger partial charge on any atom is 0.121 e. The first-order valence-corrected chi connectivity index (χ1v) is 5.77. The van der Waals surface area contributed by atoms with Crippen LogP contribution in [0.1, 0.15) is 38.9 Å². The van der Waals surface area contributed by atoms with Crippen LogP contribution >= 0.6 is 0 Å². The molecule has 0 amide bonds. The monoisotopic (exact) mass is 208 g/mol. The van der Waals surface area contributed by atoms with E-state index in [4.69, 9.17) is 0 Å². The van der Waals surface area contributed by atoms with Gasteiger partial charge >= 0.3 is 0 Å². The van der Waals surface area contributed by atoms with Gasteiger partial charge in [-0.15, -0.1) is 0 Å². The van der Waals surface area contributed by atoms with Crippen LogP contribution in [0.4, 0.5) is 0 Å². The third-order valence-corrected chi connectivity index (χ3v) is 3.18. The zero-order valence-electron chi connectivity index (χ0n) is 9.53. The van der Waals surface area contributed by atoms with Crippen LogP contribution in [0.5, 0.6) is 0 Å². The molecule has 1 fully saturated rings. The number of hydrogen-bond acceptors (Lipinski definition) is 3. The van der Waals surface area contributed by atoms with E-state index in [1.165, 1.54) is 19.3 Å². The predicted octanol–water partition coefficient (Wildman–Crippen LogP) is 1.68. The number of nitrogens with one attached hydrogen (secondary N) is 2. The molecule has 2 rings (SSSR count). The highest BCUT2D eigenvalue weighted by atomic mass is 15.5. The molecule has 1 aromatic heterocycles. The van der Waals surface area contributed by atoms with Crippen LogP contribution in [0.25, 0.3) is 0 Å². The zero-order valence-corrected chi connectivity index (χ0v) is 9.53. The van der Waals surface area contributed by atoms with Gasteiger partial charge in [-0.2, -0.15) is 0 Å².